The second kappa shape index (κ2) is 12.4. The third-order valence-corrected chi connectivity index (χ3v) is 9.09. The van der Waals surface area contributed by atoms with Crippen molar-refractivity contribution in [2.75, 3.05) is 30.6 Å². The van der Waals surface area contributed by atoms with E-state index < -0.39 is 39.0 Å². The number of rotatable bonds is 9. The van der Waals surface area contributed by atoms with Crippen LogP contribution in [0.4, 0.5) is 5.13 Å². The van der Waals surface area contributed by atoms with Gasteiger partial charge in [0.05, 0.1) is 17.4 Å². The number of carboxylic acids is 1. The van der Waals surface area contributed by atoms with Crippen LogP contribution in [0.5, 0.6) is 0 Å². The summed E-state index contributed by atoms with van der Waals surface area (Å²) in [6.45, 7) is 0. The molecule has 0 bridgehead atoms. The number of hydrogen-bond acceptors (Lipinski definition) is 13. The number of β-lactam (4-membered cyclic amide) rings is 1. The van der Waals surface area contributed by atoms with Crippen molar-refractivity contribution in [3.8, 4) is 0 Å². The van der Waals surface area contributed by atoms with Gasteiger partial charge in [0.1, 0.15) is 28.0 Å². The molecule has 0 saturated carbocycles. The molecule has 12 nitrogen and oxygen atoms in total. The van der Waals surface area contributed by atoms with Crippen LogP contribution in [-0.2, 0) is 29.1 Å². The van der Waals surface area contributed by atoms with E-state index in [1.165, 1.54) is 30.4 Å². The molecule has 35 heavy (non-hydrogen) atoms. The molecule has 1 aromatic rings. The van der Waals surface area contributed by atoms with Crippen LogP contribution in [0.15, 0.2) is 31.0 Å². The Balaban J connectivity index is 0.00000432. The van der Waals surface area contributed by atoms with E-state index in [4.69, 9.17) is 10.6 Å². The van der Waals surface area contributed by atoms with Gasteiger partial charge in [-0.25, -0.2) is 13.4 Å². The minimum absolute atomic E-state index is 0. The number of nitrogen functional groups attached to an aromatic ring is 1. The fourth-order valence-electron chi connectivity index (χ4n) is 2.97. The van der Waals surface area contributed by atoms with Gasteiger partial charge in [-0.2, -0.15) is 0 Å². The second-order valence-electron chi connectivity index (χ2n) is 6.80. The maximum absolute atomic E-state index is 12.9. The number of thioether (sulfide) groups is 2. The number of amides is 2. The third-order valence-electron chi connectivity index (χ3n) is 4.34. The van der Waals surface area contributed by atoms with E-state index in [-0.39, 0.29) is 63.3 Å². The Morgan fingerprint density at radius 3 is 2.71 bits per heavy atom. The molecule has 2 amide bonds. The molecule has 3 heterocycles. The average molecular weight is 635 g/mol. The number of carbonyl (C=O) groups is 3. The van der Waals surface area contributed by atoms with Crippen molar-refractivity contribution < 1.29 is 62.3 Å². The van der Waals surface area contributed by atoms with Gasteiger partial charge in [0.2, 0.25) is 0 Å². The number of sulfone groups is 1. The zero-order valence-corrected chi connectivity index (χ0v) is 25.4. The molecular formula is C17H17BrN5NaO7S4. The third kappa shape index (κ3) is 7.03. The molecule has 0 spiro atoms. The van der Waals surface area contributed by atoms with Crippen LogP contribution in [0.1, 0.15) is 5.69 Å². The predicted octanol–water partition coefficient (Wildman–Crippen LogP) is -3.50. The molecule has 2 atom stereocenters. The minimum Gasteiger partial charge on any atom is -0.543 e. The van der Waals surface area contributed by atoms with Gasteiger partial charge in [0.25, 0.3) is 11.8 Å². The van der Waals surface area contributed by atoms with E-state index in [2.05, 4.69) is 31.4 Å². The van der Waals surface area contributed by atoms with Crippen molar-refractivity contribution in [1.82, 2.24) is 15.2 Å². The van der Waals surface area contributed by atoms with Crippen molar-refractivity contribution >= 4 is 89.3 Å². The number of anilines is 1. The second-order valence-corrected chi connectivity index (χ2v) is 13.4. The summed E-state index contributed by atoms with van der Waals surface area (Å²) in [5.41, 5.74) is 5.28. The zero-order valence-electron chi connectivity index (χ0n) is 18.5. The first-order chi connectivity index (χ1) is 15.9. The Kier molecular flexibility index (Phi) is 10.7. The number of nitrogens with one attached hydrogen (secondary N) is 1. The summed E-state index contributed by atoms with van der Waals surface area (Å²) in [4.78, 5) is 47.6. The number of nitrogens with zero attached hydrogens (tertiary/aromatic N) is 3. The van der Waals surface area contributed by atoms with Crippen LogP contribution in [0.3, 0.4) is 0 Å². The Morgan fingerprint density at radius 1 is 1.49 bits per heavy atom. The van der Waals surface area contributed by atoms with E-state index in [0.717, 1.165) is 34.3 Å². The summed E-state index contributed by atoms with van der Waals surface area (Å²) >= 11 is 6.57. The number of oxime groups is 1. The first kappa shape index (κ1) is 30.1. The van der Waals surface area contributed by atoms with Crippen molar-refractivity contribution in [3.63, 3.8) is 0 Å². The number of aliphatic carboxylic acids is 1. The maximum atomic E-state index is 12.9. The number of thiazole rings is 1. The molecule has 0 aliphatic carbocycles. The molecule has 0 aromatic carbocycles. The maximum Gasteiger partial charge on any atom is 1.00 e. The first-order valence-corrected chi connectivity index (χ1v) is 14.8. The number of carbonyl (C=O) groups excluding carboxylic acids is 3. The quantitative estimate of drug-likeness (QED) is 0.119. The van der Waals surface area contributed by atoms with Crippen molar-refractivity contribution in [2.45, 2.75) is 11.4 Å². The van der Waals surface area contributed by atoms with E-state index in [1.807, 2.05) is 0 Å². The smallest absolute Gasteiger partial charge is 0.543 e. The zero-order chi connectivity index (χ0) is 25.2. The van der Waals surface area contributed by atoms with Crippen molar-refractivity contribution in [1.29, 1.82) is 0 Å². The molecule has 1 unspecified atom stereocenters. The summed E-state index contributed by atoms with van der Waals surface area (Å²) in [5, 5.41) is 19.0. The number of carboxylic acid groups (broad SMARTS) is 1. The van der Waals surface area contributed by atoms with Gasteiger partial charge >= 0.3 is 29.6 Å². The van der Waals surface area contributed by atoms with Gasteiger partial charge in [-0.3, -0.25) is 14.5 Å². The molecule has 3 N–H and O–H groups in total. The number of nitrogens with two attached hydrogens (primary N) is 1. The molecule has 0 radical (unpaired) electrons. The molecule has 1 aromatic heterocycles. The van der Waals surface area contributed by atoms with Crippen LogP contribution in [-0.4, -0.2) is 78.1 Å². The van der Waals surface area contributed by atoms with Gasteiger partial charge in [-0.1, -0.05) is 34.3 Å². The average Bonchev–Trinajstić information content (AvgIpc) is 3.09. The summed E-state index contributed by atoms with van der Waals surface area (Å²) in [5.74, 6) is -2.94. The molecule has 1 fully saturated rings. The fraction of sp³-hybridized carbons (Fsp3) is 0.353. The molecule has 2 aliphatic rings. The molecule has 18 heteroatoms. The Morgan fingerprint density at radius 2 is 2.17 bits per heavy atom. The van der Waals surface area contributed by atoms with Crippen molar-refractivity contribution in [3.05, 3.63) is 31.6 Å². The summed E-state index contributed by atoms with van der Waals surface area (Å²) in [6.07, 6.45) is 2.46. The van der Waals surface area contributed by atoms with E-state index in [9.17, 15) is 27.9 Å². The predicted molar refractivity (Wildman–Crippen MR) is 131 cm³/mol. The Hall–Kier alpha value is -1.08. The summed E-state index contributed by atoms with van der Waals surface area (Å²) in [6, 6.07) is -1.02. The molecule has 1 saturated heterocycles. The fourth-order valence-corrected chi connectivity index (χ4v) is 7.19. The molecular weight excluding hydrogens is 617 g/mol. The molecule has 3 rings (SSSR count). The number of fused-ring (bicyclic) bond motifs is 1. The SMILES string of the molecule is CO/N=C(\C(=O)NC1C(=O)N2C(C(=O)[O-])=C(S/C=C\CS(C)(=O)=O)CS[C@H]12)c1nc(N)sc1Br.[Na+]. The Labute approximate surface area is 243 Å². The molecule has 2 aliphatic heterocycles. The number of hydrogen-bond donors (Lipinski definition) is 2. The van der Waals surface area contributed by atoms with Crippen LogP contribution >= 0.6 is 50.8 Å². The first-order valence-electron chi connectivity index (χ1n) is 9.17. The van der Waals surface area contributed by atoms with Gasteiger partial charge in [0, 0.05) is 16.9 Å². The molecule has 184 valence electrons. The van der Waals surface area contributed by atoms with Crippen molar-refractivity contribution in [2.24, 2.45) is 5.16 Å². The topological polar surface area (TPSA) is 184 Å². The van der Waals surface area contributed by atoms with Gasteiger partial charge in [-0.15, -0.1) is 11.8 Å². The van der Waals surface area contributed by atoms with E-state index in [1.54, 1.807) is 0 Å². The Bertz CT molecular complexity index is 1230. The largest absolute Gasteiger partial charge is 1.00 e. The van der Waals surface area contributed by atoms with Gasteiger partial charge < -0.3 is 25.8 Å². The van der Waals surface area contributed by atoms with E-state index in [0.29, 0.717) is 8.69 Å². The van der Waals surface area contributed by atoms with Crippen LogP contribution in [0.2, 0.25) is 0 Å². The minimum atomic E-state index is -3.21. The summed E-state index contributed by atoms with van der Waals surface area (Å²) in [7, 11) is -1.97. The van der Waals surface area contributed by atoms with Crippen LogP contribution in [0.25, 0.3) is 0 Å². The normalized spacial score (nSPS) is 20.3. The van der Waals surface area contributed by atoms with Crippen LogP contribution in [0, 0.1) is 0 Å². The number of halogens is 1. The van der Waals surface area contributed by atoms with Crippen LogP contribution < -0.4 is 45.7 Å². The van der Waals surface area contributed by atoms with Gasteiger partial charge in [0.15, 0.2) is 20.7 Å². The number of aromatic nitrogens is 1. The summed E-state index contributed by atoms with van der Waals surface area (Å²) < 4.78 is 22.9. The van der Waals surface area contributed by atoms with Gasteiger partial charge in [-0.05, 0) is 21.3 Å². The monoisotopic (exact) mass is 633 g/mol. The van der Waals surface area contributed by atoms with E-state index >= 15 is 0 Å². The standard InChI is InChI=1S/C17H18BrN5O7S4.Na/c1-30-22-9(8-12(18)33-17(19)21-8)13(24)20-10-14(25)23-11(16(26)27)7(6-32-15(10)23)31-4-3-5-34(2,28)29;/h3-4,10,15H,5-6H2,1-2H3,(H2,19,21)(H,20,24)(H,26,27);/q;+1/p-1/b4-3-,22-9-;/t10?,15-;/m1./s1.